The van der Waals surface area contributed by atoms with Crippen LogP contribution in [0.25, 0.3) is 12.2 Å². The van der Waals surface area contributed by atoms with E-state index >= 15 is 0 Å². The van der Waals surface area contributed by atoms with Crippen LogP contribution in [0.1, 0.15) is 142 Å². The van der Waals surface area contributed by atoms with E-state index in [9.17, 15) is 24.0 Å². The summed E-state index contributed by atoms with van der Waals surface area (Å²) in [4.78, 5) is 71.3. The van der Waals surface area contributed by atoms with Crippen molar-refractivity contribution in [1.82, 2.24) is 0 Å². The number of nitriles is 3. The number of hydrogen-bond acceptors (Lipinski definition) is 14. The second-order valence-corrected chi connectivity index (χ2v) is 20.7. The van der Waals surface area contributed by atoms with Crippen molar-refractivity contribution >= 4 is 77.2 Å². The van der Waals surface area contributed by atoms with Gasteiger partial charge in [0.1, 0.15) is 42.3 Å². The molecular formula is C69H88IN3O13Pd. The van der Waals surface area contributed by atoms with Crippen LogP contribution in [-0.2, 0) is 80.7 Å². The van der Waals surface area contributed by atoms with Crippen LogP contribution in [0.15, 0.2) is 163 Å². The fraction of sp³-hybridized carbons (Fsp3) is 0.333. The first-order valence-electron chi connectivity index (χ1n) is 26.6. The van der Waals surface area contributed by atoms with Crippen molar-refractivity contribution in [2.24, 2.45) is 5.92 Å². The average Bonchev–Trinajstić information content (AvgIpc) is 3.66. The first kappa shape index (κ1) is 90.0. The maximum Gasteiger partial charge on any atom is 0.348 e. The number of rotatable bonds is 13. The molecule has 0 radical (unpaired) electrons. The zero-order valence-electron chi connectivity index (χ0n) is 51.6. The maximum atomic E-state index is 11.3. The number of aliphatic carboxylic acids is 2. The van der Waals surface area contributed by atoms with Crippen molar-refractivity contribution < 1.29 is 83.5 Å². The van der Waals surface area contributed by atoms with Crippen molar-refractivity contribution in [2.75, 3.05) is 26.4 Å². The first-order chi connectivity index (χ1) is 40.0. The summed E-state index contributed by atoms with van der Waals surface area (Å²) >= 11 is 2.32. The van der Waals surface area contributed by atoms with Gasteiger partial charge in [0, 0.05) is 49.3 Å². The molecule has 16 nitrogen and oxygen atoms in total. The van der Waals surface area contributed by atoms with Crippen LogP contribution < -0.4 is 0 Å². The van der Waals surface area contributed by atoms with Gasteiger partial charge in [-0.3, -0.25) is 19.2 Å². The molecule has 0 spiro atoms. The minimum Gasteiger partial charge on any atom is -0.481 e. The number of hydrogen-bond donors (Lipinski definition) is 3. The molecule has 0 aromatic heterocycles. The fourth-order valence-electron chi connectivity index (χ4n) is 5.44. The Labute approximate surface area is 544 Å². The maximum absolute atomic E-state index is 11.3. The van der Waals surface area contributed by atoms with Gasteiger partial charge in [-0.15, -0.1) is 0 Å². The molecule has 1 unspecified atom stereocenters. The zero-order chi connectivity index (χ0) is 65.8. The predicted octanol–water partition coefficient (Wildman–Crippen LogP) is 14.6. The SMILES string of the molecule is C.C=C(C)CO.CC(=O)O.CC(=O)O.CC(C)(C)c1ccc(I)cc1.CC(C=O)Cc1ccc(C(C)(C)C)cc1.CCOC(=O)/C(C#N)=C/c1ccccc1.CCOC(=O)/C(C#N)=C\c1ccccc1.CCOC(=O)CC#N.O=Cc1ccccc1.[Pd]. The second kappa shape index (κ2) is 55.7. The van der Waals surface area contributed by atoms with Gasteiger partial charge in [0.15, 0.2) is 0 Å². The van der Waals surface area contributed by atoms with E-state index in [2.05, 4.69) is 124 Å². The van der Waals surface area contributed by atoms with Crippen molar-refractivity contribution in [1.29, 1.82) is 15.8 Å². The Kier molecular flexibility index (Phi) is 57.6. The third kappa shape index (κ3) is 55.5. The minimum atomic E-state index is -0.833. The van der Waals surface area contributed by atoms with E-state index in [0.29, 0.717) is 6.61 Å². The Balaban J connectivity index is -0.000000219. The minimum absolute atomic E-state index is 0. The topological polar surface area (TPSA) is 279 Å². The molecule has 18 heteroatoms. The van der Waals surface area contributed by atoms with Crippen LogP contribution >= 0.6 is 22.6 Å². The standard InChI is InChI=1S/C14H20O.2C12H11NO2.C10H13I.C7H6O.C5H7NO2.C4H8O.2C2H4O2.CH4.Pd/c1-11(10-15)9-12-5-7-13(8-6-12)14(2,3)4;2*1-2-15-12(14)11(9-13)8-10-6-4-3-5-7-10;1-10(2,3)8-4-6-9(11)7-5-8;8-6-7-4-2-1-3-5-7;1-2-8-5(7)3-4-6;1-4(2)3-5;2*1-2(3)4;;/h5-8,10-11H,9H2,1-4H3;2*3-8H,2H2,1H3;4-7H,1-3H3;1-6H;2-3H2,1H3;5H,1,3H2,2H3;2*1H3,(H,3,4);1H4;/b;11-8+;11-8-;;;;;;;;. The van der Waals surface area contributed by atoms with Crippen molar-refractivity contribution in [3.63, 3.8) is 0 Å². The number of aldehydes is 2. The van der Waals surface area contributed by atoms with E-state index in [1.807, 2.05) is 97.9 Å². The molecule has 0 saturated carbocycles. The zero-order valence-corrected chi connectivity index (χ0v) is 55.3. The largest absolute Gasteiger partial charge is 0.481 e. The molecular weight excluding hydrogens is 1310 g/mol. The van der Waals surface area contributed by atoms with E-state index in [1.54, 1.807) is 45.9 Å². The summed E-state index contributed by atoms with van der Waals surface area (Å²) < 4.78 is 15.2. The average molecular weight is 1400 g/mol. The molecule has 0 heterocycles. The van der Waals surface area contributed by atoms with E-state index in [4.69, 9.17) is 50.2 Å². The number of carbonyl (C=O) groups excluding carboxylic acids is 5. The number of esters is 3. The predicted molar refractivity (Wildman–Crippen MR) is 349 cm³/mol. The van der Waals surface area contributed by atoms with Crippen LogP contribution in [0.5, 0.6) is 0 Å². The van der Waals surface area contributed by atoms with Crippen molar-refractivity contribution in [2.45, 2.75) is 121 Å². The number of carboxylic acid groups (broad SMARTS) is 2. The smallest absolute Gasteiger partial charge is 0.348 e. The molecule has 5 rings (SSSR count). The Morgan fingerprint density at radius 2 is 0.897 bits per heavy atom. The van der Waals surface area contributed by atoms with Crippen LogP contribution in [0, 0.1) is 43.5 Å². The van der Waals surface area contributed by atoms with Gasteiger partial charge in [0.25, 0.3) is 11.9 Å². The van der Waals surface area contributed by atoms with Crippen molar-refractivity contribution in [3.05, 3.63) is 200 Å². The number of aliphatic hydroxyl groups is 1. The second-order valence-electron chi connectivity index (χ2n) is 19.4. The van der Waals surface area contributed by atoms with Gasteiger partial charge in [-0.1, -0.05) is 195 Å². The molecule has 1 atom stereocenters. The molecule has 0 aliphatic rings. The number of benzene rings is 5. The molecule has 5 aromatic carbocycles. The molecule has 87 heavy (non-hydrogen) atoms. The number of aliphatic hydroxyl groups excluding tert-OH is 1. The fourth-order valence-corrected chi connectivity index (χ4v) is 5.80. The third-order valence-corrected chi connectivity index (χ3v) is 10.2. The molecule has 0 amide bonds. The number of carboxylic acids is 2. The quantitative estimate of drug-likeness (QED) is 0.0144. The third-order valence-electron chi connectivity index (χ3n) is 9.51. The molecule has 0 bridgehead atoms. The Morgan fingerprint density at radius 1 is 0.586 bits per heavy atom. The summed E-state index contributed by atoms with van der Waals surface area (Å²) in [5.41, 5.74) is 7.65. The van der Waals surface area contributed by atoms with E-state index in [0.717, 1.165) is 55.1 Å². The Morgan fingerprint density at radius 3 is 1.14 bits per heavy atom. The number of carbonyl (C=O) groups is 7. The van der Waals surface area contributed by atoms with E-state index in [-0.39, 0.29) is 82.0 Å². The Hall–Kier alpha value is -8.17. The van der Waals surface area contributed by atoms with Gasteiger partial charge in [0.05, 0.1) is 32.5 Å². The number of halogens is 1. The normalized spacial score (nSPS) is 9.93. The van der Waals surface area contributed by atoms with Crippen LogP contribution in [-0.4, -0.2) is 84.2 Å². The molecule has 0 fully saturated rings. The first-order valence-corrected chi connectivity index (χ1v) is 27.7. The number of ether oxygens (including phenoxy) is 3. The van der Waals surface area contributed by atoms with Gasteiger partial charge >= 0.3 is 17.9 Å². The summed E-state index contributed by atoms with van der Waals surface area (Å²) in [5.74, 6) is -3.16. The van der Waals surface area contributed by atoms with Crippen LogP contribution in [0.3, 0.4) is 0 Å². The van der Waals surface area contributed by atoms with Crippen LogP contribution in [0.4, 0.5) is 0 Å². The summed E-state index contributed by atoms with van der Waals surface area (Å²) in [6.07, 6.45) is 5.56. The molecule has 0 aliphatic carbocycles. The van der Waals surface area contributed by atoms with Crippen LogP contribution in [0.2, 0.25) is 0 Å². The van der Waals surface area contributed by atoms with Gasteiger partial charge in [-0.2, -0.15) is 15.8 Å². The molecule has 474 valence electrons. The summed E-state index contributed by atoms with van der Waals surface area (Å²) in [7, 11) is 0. The van der Waals surface area contributed by atoms with Gasteiger partial charge < -0.3 is 34.3 Å². The number of nitrogens with zero attached hydrogens (tertiary/aromatic N) is 3. The summed E-state index contributed by atoms with van der Waals surface area (Å²) in [6, 6.07) is 50.0. The van der Waals surface area contributed by atoms with E-state index < -0.39 is 29.8 Å². The molecule has 0 saturated heterocycles. The van der Waals surface area contributed by atoms with Gasteiger partial charge in [-0.25, -0.2) is 9.59 Å². The summed E-state index contributed by atoms with van der Waals surface area (Å²) in [6.45, 7) is 28.7. The summed E-state index contributed by atoms with van der Waals surface area (Å²) in [5, 5.41) is 48.3. The van der Waals surface area contributed by atoms with Gasteiger partial charge in [-0.05, 0) is 120 Å². The van der Waals surface area contributed by atoms with E-state index in [1.165, 1.54) is 32.4 Å². The van der Waals surface area contributed by atoms with Gasteiger partial charge in [0.2, 0.25) is 0 Å². The molecule has 0 aliphatic heterocycles. The molecule has 5 aromatic rings. The molecule has 3 N–H and O–H groups in total. The monoisotopic (exact) mass is 1400 g/mol. The van der Waals surface area contributed by atoms with Crippen molar-refractivity contribution in [3.8, 4) is 18.2 Å². The Bertz CT molecular complexity index is 2800.